The van der Waals surface area contributed by atoms with E-state index in [-0.39, 0.29) is 11.4 Å². The number of hydrogen-bond donors (Lipinski definition) is 3. The number of aromatic nitrogens is 2. The molecule has 0 saturated heterocycles. The number of nitrogen functional groups attached to an aromatic ring is 1. The van der Waals surface area contributed by atoms with Crippen LogP contribution in [0.1, 0.15) is 29.9 Å². The van der Waals surface area contributed by atoms with Gasteiger partial charge in [0.05, 0.1) is 16.7 Å². The Morgan fingerprint density at radius 2 is 2.00 bits per heavy atom. The molecule has 0 radical (unpaired) electrons. The lowest BCUT2D eigenvalue weighted by molar-refractivity contribution is 0.0692. The number of carboxylic acid groups (broad SMARTS) is 1. The van der Waals surface area contributed by atoms with E-state index >= 15 is 0 Å². The van der Waals surface area contributed by atoms with Crippen molar-refractivity contribution in [3.8, 4) is 0 Å². The molecule has 6 nitrogen and oxygen atoms in total. The Bertz CT molecular complexity index is 910. The SMILES string of the molecule is CCN(CC)c1cc(C)c2ncc3c(N)c(C(=O)O)[nH]c3c2c1. The minimum absolute atomic E-state index is 0.0141. The third kappa shape index (κ3) is 2.27. The Morgan fingerprint density at radius 1 is 1.30 bits per heavy atom. The van der Waals surface area contributed by atoms with Gasteiger partial charge in [-0.25, -0.2) is 4.79 Å². The number of aromatic amines is 1. The van der Waals surface area contributed by atoms with Gasteiger partial charge in [0.1, 0.15) is 5.69 Å². The molecule has 0 fully saturated rings. The Kier molecular flexibility index (Phi) is 3.60. The van der Waals surface area contributed by atoms with Crippen LogP contribution in [0.5, 0.6) is 0 Å². The normalized spacial score (nSPS) is 11.3. The van der Waals surface area contributed by atoms with Crippen molar-refractivity contribution < 1.29 is 9.90 Å². The monoisotopic (exact) mass is 312 g/mol. The first-order valence-corrected chi connectivity index (χ1v) is 7.66. The molecule has 1 aromatic carbocycles. The third-order valence-corrected chi connectivity index (χ3v) is 4.30. The molecule has 0 amide bonds. The second kappa shape index (κ2) is 5.46. The first kappa shape index (κ1) is 15.1. The summed E-state index contributed by atoms with van der Waals surface area (Å²) in [5, 5.41) is 10.8. The van der Waals surface area contributed by atoms with Crippen LogP contribution >= 0.6 is 0 Å². The number of pyridine rings is 1. The molecule has 120 valence electrons. The number of H-pyrrole nitrogens is 1. The lowest BCUT2D eigenvalue weighted by Gasteiger charge is -2.22. The molecule has 4 N–H and O–H groups in total. The number of nitrogens with two attached hydrogens (primary N) is 1. The standard InChI is InChI=1S/C17H20N4O2/c1-4-21(5-2)10-6-9(3)14-11(7-10)15-12(8-19-14)13(18)16(20-15)17(22)23/h6-8,20H,4-5,18H2,1-3H3,(H,22,23). The van der Waals surface area contributed by atoms with Crippen LogP contribution in [0, 0.1) is 6.92 Å². The first-order chi connectivity index (χ1) is 11.0. The average molecular weight is 312 g/mol. The molecule has 2 aromatic heterocycles. The van der Waals surface area contributed by atoms with Crippen LogP contribution in [-0.2, 0) is 0 Å². The van der Waals surface area contributed by atoms with Gasteiger partial charge < -0.3 is 20.7 Å². The molecule has 3 aromatic rings. The van der Waals surface area contributed by atoms with E-state index in [0.29, 0.717) is 5.39 Å². The molecule has 6 heteroatoms. The third-order valence-electron chi connectivity index (χ3n) is 4.30. The van der Waals surface area contributed by atoms with E-state index in [0.717, 1.165) is 40.8 Å². The Balaban J connectivity index is 2.38. The molecule has 0 spiro atoms. The first-order valence-electron chi connectivity index (χ1n) is 7.66. The number of nitrogens with one attached hydrogen (secondary N) is 1. The summed E-state index contributed by atoms with van der Waals surface area (Å²) in [4.78, 5) is 21.0. The summed E-state index contributed by atoms with van der Waals surface area (Å²) >= 11 is 0. The summed E-state index contributed by atoms with van der Waals surface area (Å²) in [6, 6.07) is 4.16. The van der Waals surface area contributed by atoms with Gasteiger partial charge >= 0.3 is 5.97 Å². The van der Waals surface area contributed by atoms with E-state index in [4.69, 9.17) is 5.73 Å². The fraction of sp³-hybridized carbons (Fsp3) is 0.294. The van der Waals surface area contributed by atoms with E-state index in [1.807, 2.05) is 13.0 Å². The van der Waals surface area contributed by atoms with E-state index in [9.17, 15) is 9.90 Å². The van der Waals surface area contributed by atoms with Crippen molar-refractivity contribution in [3.63, 3.8) is 0 Å². The summed E-state index contributed by atoms with van der Waals surface area (Å²) in [5.74, 6) is -1.07. The molecule has 2 heterocycles. The predicted molar refractivity (Wildman–Crippen MR) is 93.3 cm³/mol. The highest BCUT2D eigenvalue weighted by Crippen LogP contribution is 2.33. The van der Waals surface area contributed by atoms with Crippen molar-refractivity contribution in [2.45, 2.75) is 20.8 Å². The molecular formula is C17H20N4O2. The lowest BCUT2D eigenvalue weighted by atomic mass is 10.1. The lowest BCUT2D eigenvalue weighted by Crippen LogP contribution is -2.21. The largest absolute Gasteiger partial charge is 0.477 e. The predicted octanol–water partition coefficient (Wildman–Crippen LogP) is 3.15. The van der Waals surface area contributed by atoms with Crippen LogP contribution in [0.25, 0.3) is 21.8 Å². The highest BCUT2D eigenvalue weighted by molar-refractivity contribution is 6.13. The Morgan fingerprint density at radius 3 is 2.61 bits per heavy atom. The van der Waals surface area contributed by atoms with Crippen molar-refractivity contribution in [1.29, 1.82) is 0 Å². The number of carbonyl (C=O) groups is 1. The van der Waals surface area contributed by atoms with Crippen molar-refractivity contribution in [1.82, 2.24) is 9.97 Å². The van der Waals surface area contributed by atoms with E-state index in [2.05, 4.69) is 34.8 Å². The number of anilines is 2. The number of rotatable bonds is 4. The zero-order valence-electron chi connectivity index (χ0n) is 13.5. The fourth-order valence-electron chi connectivity index (χ4n) is 3.07. The Hall–Kier alpha value is -2.76. The number of fused-ring (bicyclic) bond motifs is 3. The molecule has 0 saturated carbocycles. The number of aromatic carboxylic acids is 1. The summed E-state index contributed by atoms with van der Waals surface area (Å²) in [5.41, 5.74) is 9.93. The minimum Gasteiger partial charge on any atom is -0.477 e. The summed E-state index contributed by atoms with van der Waals surface area (Å²) in [7, 11) is 0. The van der Waals surface area contributed by atoms with Gasteiger partial charge in [0, 0.05) is 35.7 Å². The molecule has 0 unspecified atom stereocenters. The van der Waals surface area contributed by atoms with Crippen molar-refractivity contribution in [2.24, 2.45) is 0 Å². The molecule has 23 heavy (non-hydrogen) atoms. The smallest absolute Gasteiger partial charge is 0.354 e. The minimum atomic E-state index is -1.07. The summed E-state index contributed by atoms with van der Waals surface area (Å²) < 4.78 is 0. The molecule has 0 aliphatic heterocycles. The van der Waals surface area contributed by atoms with Gasteiger partial charge in [-0.15, -0.1) is 0 Å². The summed E-state index contributed by atoms with van der Waals surface area (Å²) in [6.45, 7) is 8.03. The zero-order chi connectivity index (χ0) is 16.7. The topological polar surface area (TPSA) is 95.2 Å². The van der Waals surface area contributed by atoms with Gasteiger partial charge in [-0.1, -0.05) is 0 Å². The summed E-state index contributed by atoms with van der Waals surface area (Å²) in [6.07, 6.45) is 1.64. The second-order valence-corrected chi connectivity index (χ2v) is 5.60. The van der Waals surface area contributed by atoms with Gasteiger partial charge in [-0.2, -0.15) is 0 Å². The molecular weight excluding hydrogens is 292 g/mol. The highest BCUT2D eigenvalue weighted by atomic mass is 16.4. The Labute approximate surface area is 133 Å². The van der Waals surface area contributed by atoms with E-state index in [1.54, 1.807) is 6.20 Å². The van der Waals surface area contributed by atoms with Crippen molar-refractivity contribution in [2.75, 3.05) is 23.7 Å². The maximum Gasteiger partial charge on any atom is 0.354 e. The number of carboxylic acids is 1. The highest BCUT2D eigenvalue weighted by Gasteiger charge is 2.18. The van der Waals surface area contributed by atoms with Crippen molar-refractivity contribution >= 4 is 39.1 Å². The number of aryl methyl sites for hydroxylation is 1. The van der Waals surface area contributed by atoms with Gasteiger partial charge in [0.15, 0.2) is 0 Å². The molecule has 3 rings (SSSR count). The van der Waals surface area contributed by atoms with Crippen molar-refractivity contribution in [3.05, 3.63) is 29.6 Å². The number of nitrogens with zero attached hydrogens (tertiary/aromatic N) is 2. The van der Waals surface area contributed by atoms with Crippen LogP contribution in [-0.4, -0.2) is 34.1 Å². The maximum atomic E-state index is 11.3. The molecule has 0 atom stereocenters. The second-order valence-electron chi connectivity index (χ2n) is 5.60. The average Bonchev–Trinajstić information content (AvgIpc) is 2.86. The van der Waals surface area contributed by atoms with Crippen LogP contribution < -0.4 is 10.6 Å². The van der Waals surface area contributed by atoms with Gasteiger partial charge in [-0.3, -0.25) is 4.98 Å². The van der Waals surface area contributed by atoms with Gasteiger partial charge in [-0.05, 0) is 38.5 Å². The zero-order valence-corrected chi connectivity index (χ0v) is 13.5. The van der Waals surface area contributed by atoms with Crippen LogP contribution in [0.3, 0.4) is 0 Å². The molecule has 0 aliphatic carbocycles. The van der Waals surface area contributed by atoms with Crippen LogP contribution in [0.2, 0.25) is 0 Å². The van der Waals surface area contributed by atoms with E-state index in [1.165, 1.54) is 0 Å². The maximum absolute atomic E-state index is 11.3. The van der Waals surface area contributed by atoms with Crippen LogP contribution in [0.4, 0.5) is 11.4 Å². The van der Waals surface area contributed by atoms with Gasteiger partial charge in [0.2, 0.25) is 0 Å². The van der Waals surface area contributed by atoms with Crippen LogP contribution in [0.15, 0.2) is 18.3 Å². The molecule has 0 bridgehead atoms. The van der Waals surface area contributed by atoms with Gasteiger partial charge in [0.25, 0.3) is 0 Å². The quantitative estimate of drug-likeness (QED) is 0.688. The fourth-order valence-corrected chi connectivity index (χ4v) is 3.07. The number of hydrogen-bond acceptors (Lipinski definition) is 4. The van der Waals surface area contributed by atoms with E-state index < -0.39 is 5.97 Å². The number of benzene rings is 1. The molecule has 0 aliphatic rings.